The molecule has 5 heteroatoms. The third-order valence-corrected chi connectivity index (χ3v) is 3.68. The summed E-state index contributed by atoms with van der Waals surface area (Å²) in [6.07, 6.45) is 2.84. The highest BCUT2D eigenvalue weighted by molar-refractivity contribution is 5.82. The van der Waals surface area contributed by atoms with Gasteiger partial charge in [0.15, 0.2) is 5.79 Å². The molecule has 0 aliphatic rings. The lowest BCUT2D eigenvalue weighted by Gasteiger charge is -2.26. The highest BCUT2D eigenvalue weighted by atomic mass is 16.7. The molecule has 0 atom stereocenters. The molecule has 0 saturated carbocycles. The van der Waals surface area contributed by atoms with Gasteiger partial charge >= 0.3 is 0 Å². The van der Waals surface area contributed by atoms with Crippen LogP contribution >= 0.6 is 0 Å². The summed E-state index contributed by atoms with van der Waals surface area (Å²) in [5.41, 5.74) is 0. The third kappa shape index (κ3) is 13.6. The molecule has 0 rings (SSSR count). The zero-order chi connectivity index (χ0) is 18.6. The summed E-state index contributed by atoms with van der Waals surface area (Å²) < 4.78 is 11.4. The lowest BCUT2D eigenvalue weighted by Crippen LogP contribution is -2.34. The second kappa shape index (κ2) is 12.6. The number of Topliss-reactive ketones (excluding diaryl/α,β-unsaturated/α-hetero) is 2. The molecule has 0 saturated heterocycles. The number of hydrogen-bond acceptors (Lipinski definition) is 5. The second-order valence-corrected chi connectivity index (χ2v) is 7.32. The van der Waals surface area contributed by atoms with E-state index in [0.717, 1.165) is 6.54 Å². The Morgan fingerprint density at radius 3 is 2.08 bits per heavy atom. The molecule has 0 spiro atoms. The van der Waals surface area contributed by atoms with Gasteiger partial charge in [-0.1, -0.05) is 27.7 Å². The van der Waals surface area contributed by atoms with Crippen LogP contribution < -0.4 is 5.32 Å². The van der Waals surface area contributed by atoms with Crippen LogP contribution in [-0.4, -0.2) is 43.2 Å². The molecule has 1 N–H and O–H groups in total. The van der Waals surface area contributed by atoms with E-state index in [1.807, 2.05) is 27.7 Å². The number of rotatable bonds is 15. The van der Waals surface area contributed by atoms with Gasteiger partial charge in [-0.2, -0.15) is 0 Å². The molecule has 0 fully saturated rings. The molecule has 0 aliphatic carbocycles. The van der Waals surface area contributed by atoms with Gasteiger partial charge in [0.25, 0.3) is 0 Å². The van der Waals surface area contributed by atoms with E-state index >= 15 is 0 Å². The lowest BCUT2D eigenvalue weighted by molar-refractivity contribution is -0.212. The average Bonchev–Trinajstić information content (AvgIpc) is 2.48. The zero-order valence-electron chi connectivity index (χ0n) is 16.4. The van der Waals surface area contributed by atoms with Crippen molar-refractivity contribution in [3.8, 4) is 0 Å². The molecule has 0 aliphatic heterocycles. The van der Waals surface area contributed by atoms with Crippen LogP contribution in [0.15, 0.2) is 0 Å². The van der Waals surface area contributed by atoms with Gasteiger partial charge in [0.1, 0.15) is 11.6 Å². The highest BCUT2D eigenvalue weighted by Crippen LogP contribution is 2.12. The van der Waals surface area contributed by atoms with Crippen molar-refractivity contribution in [2.45, 2.75) is 85.5 Å². The normalized spacial score (nSPS) is 12.2. The summed E-state index contributed by atoms with van der Waals surface area (Å²) >= 11 is 0. The molecule has 0 aromatic rings. The van der Waals surface area contributed by atoms with E-state index in [-0.39, 0.29) is 17.5 Å². The van der Waals surface area contributed by atoms with Crippen molar-refractivity contribution >= 4 is 11.6 Å². The monoisotopic (exact) mass is 343 g/mol. The van der Waals surface area contributed by atoms with Crippen LogP contribution in [0.5, 0.6) is 0 Å². The van der Waals surface area contributed by atoms with Crippen molar-refractivity contribution in [2.75, 3.05) is 19.8 Å². The van der Waals surface area contributed by atoms with Crippen LogP contribution in [0.4, 0.5) is 0 Å². The first-order chi connectivity index (χ1) is 11.1. The molecule has 0 bridgehead atoms. The highest BCUT2D eigenvalue weighted by Gasteiger charge is 2.18. The minimum atomic E-state index is -0.634. The fourth-order valence-corrected chi connectivity index (χ4v) is 2.15. The Kier molecular flexibility index (Phi) is 12.2. The first kappa shape index (κ1) is 23.2. The van der Waals surface area contributed by atoms with Gasteiger partial charge in [-0.15, -0.1) is 0 Å². The smallest absolute Gasteiger partial charge is 0.162 e. The molecule has 5 nitrogen and oxygen atoms in total. The third-order valence-electron chi connectivity index (χ3n) is 3.68. The van der Waals surface area contributed by atoms with Crippen LogP contribution in [0.1, 0.15) is 73.6 Å². The van der Waals surface area contributed by atoms with E-state index in [9.17, 15) is 9.59 Å². The van der Waals surface area contributed by atoms with Crippen molar-refractivity contribution in [1.82, 2.24) is 5.32 Å². The van der Waals surface area contributed by atoms with Gasteiger partial charge in [0, 0.05) is 37.8 Å². The Labute approximate surface area is 147 Å². The van der Waals surface area contributed by atoms with E-state index in [1.165, 1.54) is 0 Å². The maximum absolute atomic E-state index is 11.8. The van der Waals surface area contributed by atoms with Crippen LogP contribution in [0.2, 0.25) is 0 Å². The molecular weight excluding hydrogens is 306 g/mol. The molecule has 0 unspecified atom stereocenters. The minimum absolute atomic E-state index is 0.0615. The number of nitrogens with one attached hydrogen (secondary N) is 1. The molecular formula is C19H37NO4. The molecule has 24 heavy (non-hydrogen) atoms. The molecule has 0 aromatic heterocycles. The van der Waals surface area contributed by atoms with E-state index in [1.54, 1.807) is 0 Å². The largest absolute Gasteiger partial charge is 0.351 e. The standard InChI is InChI=1S/C19H37NO4/c1-15(2)18(22)11-7-9-17(21)10-8-13-23-19(5,6)24-14-12-20-16(3)4/h15-16,20H,7-14H2,1-6H3. The quantitative estimate of drug-likeness (QED) is 0.364. The molecule has 0 amide bonds. The fourth-order valence-electron chi connectivity index (χ4n) is 2.15. The molecule has 0 aromatic carbocycles. The summed E-state index contributed by atoms with van der Waals surface area (Å²) in [5, 5.41) is 3.29. The summed E-state index contributed by atoms with van der Waals surface area (Å²) in [6.45, 7) is 13.6. The van der Waals surface area contributed by atoms with Gasteiger partial charge < -0.3 is 14.8 Å². The van der Waals surface area contributed by atoms with Gasteiger partial charge in [0.2, 0.25) is 0 Å². The van der Waals surface area contributed by atoms with Gasteiger partial charge in [-0.3, -0.25) is 9.59 Å². The lowest BCUT2D eigenvalue weighted by atomic mass is 10.0. The van der Waals surface area contributed by atoms with Crippen LogP contribution in [0.25, 0.3) is 0 Å². The van der Waals surface area contributed by atoms with Crippen molar-refractivity contribution in [1.29, 1.82) is 0 Å². The zero-order valence-corrected chi connectivity index (χ0v) is 16.4. The Balaban J connectivity index is 3.68. The minimum Gasteiger partial charge on any atom is -0.351 e. The van der Waals surface area contributed by atoms with Crippen LogP contribution in [-0.2, 0) is 19.1 Å². The van der Waals surface area contributed by atoms with E-state index in [4.69, 9.17) is 9.47 Å². The first-order valence-corrected chi connectivity index (χ1v) is 9.19. The number of ketones is 2. The summed E-state index contributed by atoms with van der Waals surface area (Å²) in [4.78, 5) is 23.3. The number of carbonyl (C=O) groups is 2. The second-order valence-electron chi connectivity index (χ2n) is 7.32. The van der Waals surface area contributed by atoms with Crippen molar-refractivity contribution in [3.63, 3.8) is 0 Å². The summed E-state index contributed by atoms with van der Waals surface area (Å²) in [6, 6.07) is 0.444. The molecule has 0 heterocycles. The van der Waals surface area contributed by atoms with Crippen molar-refractivity contribution in [3.05, 3.63) is 0 Å². The number of carbonyl (C=O) groups excluding carboxylic acids is 2. The van der Waals surface area contributed by atoms with E-state index < -0.39 is 5.79 Å². The van der Waals surface area contributed by atoms with Crippen LogP contribution in [0, 0.1) is 5.92 Å². The Morgan fingerprint density at radius 1 is 0.917 bits per heavy atom. The first-order valence-electron chi connectivity index (χ1n) is 9.19. The summed E-state index contributed by atoms with van der Waals surface area (Å²) in [5.74, 6) is -0.135. The average molecular weight is 344 g/mol. The van der Waals surface area contributed by atoms with Gasteiger partial charge in [-0.05, 0) is 26.7 Å². The fraction of sp³-hybridized carbons (Fsp3) is 0.895. The number of hydrogen-bond donors (Lipinski definition) is 1. The molecule has 142 valence electrons. The number of ether oxygens (including phenoxy) is 2. The van der Waals surface area contributed by atoms with Gasteiger partial charge in [0.05, 0.1) is 13.2 Å². The van der Waals surface area contributed by atoms with Crippen LogP contribution in [0.3, 0.4) is 0 Å². The SMILES string of the molecule is CC(C)NCCOC(C)(C)OCCCC(=O)CCCC(=O)C(C)C. The maximum atomic E-state index is 11.8. The van der Waals surface area contributed by atoms with Gasteiger partial charge in [-0.25, -0.2) is 0 Å². The Hall–Kier alpha value is -0.780. The summed E-state index contributed by atoms with van der Waals surface area (Å²) in [7, 11) is 0. The maximum Gasteiger partial charge on any atom is 0.162 e. The molecule has 0 radical (unpaired) electrons. The van der Waals surface area contributed by atoms with Crippen molar-refractivity contribution < 1.29 is 19.1 Å². The predicted molar refractivity (Wildman–Crippen MR) is 97.1 cm³/mol. The topological polar surface area (TPSA) is 64.6 Å². The van der Waals surface area contributed by atoms with Crippen molar-refractivity contribution in [2.24, 2.45) is 5.92 Å². The van der Waals surface area contributed by atoms with E-state index in [2.05, 4.69) is 19.2 Å². The Morgan fingerprint density at radius 2 is 1.50 bits per heavy atom. The van der Waals surface area contributed by atoms with E-state index in [0.29, 0.717) is 51.4 Å². The Bertz CT molecular complexity index is 364. The predicted octanol–water partition coefficient (Wildman–Crippen LogP) is 3.50.